The van der Waals surface area contributed by atoms with Crippen LogP contribution in [0.4, 0.5) is 5.69 Å². The third-order valence-electron chi connectivity index (χ3n) is 4.97. The molecule has 0 aromatic heterocycles. The fraction of sp³-hybridized carbons (Fsp3) is 0.364. The molecule has 1 fully saturated rings. The highest BCUT2D eigenvalue weighted by molar-refractivity contribution is 6.00. The van der Waals surface area contributed by atoms with Crippen molar-refractivity contribution in [3.63, 3.8) is 0 Å². The Kier molecular flexibility index (Phi) is 6.19. The van der Waals surface area contributed by atoms with Crippen molar-refractivity contribution in [1.29, 1.82) is 0 Å². The van der Waals surface area contributed by atoms with Gasteiger partial charge in [-0.3, -0.25) is 9.59 Å². The number of carbonyl (C=O) groups excluding carboxylic acids is 2. The second-order valence-electron chi connectivity index (χ2n) is 6.97. The van der Waals surface area contributed by atoms with Crippen molar-refractivity contribution in [2.45, 2.75) is 19.8 Å². The average molecular weight is 382 g/mol. The Bertz CT molecular complexity index is 865. The molecule has 6 heteroatoms. The third kappa shape index (κ3) is 4.44. The van der Waals surface area contributed by atoms with Gasteiger partial charge in [0.25, 0.3) is 0 Å². The molecule has 1 aliphatic heterocycles. The number of aryl methyl sites for hydroxylation is 1. The number of anilines is 1. The van der Waals surface area contributed by atoms with Gasteiger partial charge in [0.2, 0.25) is 11.8 Å². The van der Waals surface area contributed by atoms with Gasteiger partial charge in [-0.15, -0.1) is 0 Å². The average Bonchev–Trinajstić information content (AvgIpc) is 3.09. The zero-order chi connectivity index (χ0) is 20.1. The molecule has 1 aliphatic rings. The normalized spacial score (nSPS) is 16.2. The first kappa shape index (κ1) is 19.7. The van der Waals surface area contributed by atoms with Crippen molar-refractivity contribution in [3.05, 3.63) is 53.6 Å². The number of benzene rings is 2. The smallest absolute Gasteiger partial charge is 0.227 e. The fourth-order valence-corrected chi connectivity index (χ4v) is 3.44. The summed E-state index contributed by atoms with van der Waals surface area (Å²) in [6.45, 7) is 2.91. The minimum atomic E-state index is -0.321. The summed E-state index contributed by atoms with van der Waals surface area (Å²) in [5.41, 5.74) is 2.99. The topological polar surface area (TPSA) is 67.9 Å². The van der Waals surface area contributed by atoms with Crippen molar-refractivity contribution in [1.82, 2.24) is 5.32 Å². The summed E-state index contributed by atoms with van der Waals surface area (Å²) in [5.74, 6) is 0.936. The van der Waals surface area contributed by atoms with Crippen molar-refractivity contribution < 1.29 is 19.1 Å². The van der Waals surface area contributed by atoms with Gasteiger partial charge in [0, 0.05) is 25.2 Å². The largest absolute Gasteiger partial charge is 0.493 e. The summed E-state index contributed by atoms with van der Waals surface area (Å²) in [7, 11) is 3.20. The fourth-order valence-electron chi connectivity index (χ4n) is 3.44. The summed E-state index contributed by atoms with van der Waals surface area (Å²) in [4.78, 5) is 26.6. The summed E-state index contributed by atoms with van der Waals surface area (Å²) in [6.07, 6.45) is 0.921. The highest BCUT2D eigenvalue weighted by Crippen LogP contribution is 2.28. The van der Waals surface area contributed by atoms with E-state index in [-0.39, 0.29) is 24.2 Å². The van der Waals surface area contributed by atoms with E-state index >= 15 is 0 Å². The number of rotatable bonds is 7. The van der Waals surface area contributed by atoms with Crippen LogP contribution < -0.4 is 19.7 Å². The molecule has 0 spiro atoms. The van der Waals surface area contributed by atoms with E-state index in [9.17, 15) is 9.59 Å². The number of nitrogens with zero attached hydrogens (tertiary/aromatic N) is 1. The zero-order valence-electron chi connectivity index (χ0n) is 16.5. The van der Waals surface area contributed by atoms with Gasteiger partial charge >= 0.3 is 0 Å². The molecule has 0 saturated carbocycles. The number of ether oxygens (including phenoxy) is 2. The molecule has 1 N–H and O–H groups in total. The van der Waals surface area contributed by atoms with E-state index in [1.165, 1.54) is 0 Å². The highest BCUT2D eigenvalue weighted by atomic mass is 16.5. The van der Waals surface area contributed by atoms with Crippen LogP contribution in [0.1, 0.15) is 17.5 Å². The molecule has 148 valence electrons. The Hall–Kier alpha value is -3.02. The Morgan fingerprint density at radius 1 is 1.14 bits per heavy atom. The second-order valence-corrected chi connectivity index (χ2v) is 6.97. The van der Waals surface area contributed by atoms with Gasteiger partial charge in [-0.2, -0.15) is 0 Å². The minimum absolute atomic E-state index is 0.00867. The highest BCUT2D eigenvalue weighted by Gasteiger charge is 2.34. The van der Waals surface area contributed by atoms with Crippen LogP contribution in [0.2, 0.25) is 0 Å². The van der Waals surface area contributed by atoms with Crippen LogP contribution in [0.5, 0.6) is 11.5 Å². The van der Waals surface area contributed by atoms with E-state index in [0.29, 0.717) is 31.0 Å². The number of amides is 2. The number of hydrogen-bond acceptors (Lipinski definition) is 4. The summed E-state index contributed by atoms with van der Waals surface area (Å²) >= 11 is 0. The van der Waals surface area contributed by atoms with Gasteiger partial charge in [-0.25, -0.2) is 0 Å². The van der Waals surface area contributed by atoms with E-state index in [1.807, 2.05) is 49.4 Å². The van der Waals surface area contributed by atoms with E-state index in [0.717, 1.165) is 16.8 Å². The molecule has 2 aromatic rings. The number of hydrogen-bond donors (Lipinski definition) is 1. The van der Waals surface area contributed by atoms with E-state index in [1.54, 1.807) is 19.1 Å². The lowest BCUT2D eigenvalue weighted by Crippen LogP contribution is -2.34. The van der Waals surface area contributed by atoms with Gasteiger partial charge in [0.05, 0.1) is 20.1 Å². The van der Waals surface area contributed by atoms with Crippen LogP contribution in [0.3, 0.4) is 0 Å². The molecule has 1 heterocycles. The van der Waals surface area contributed by atoms with E-state index < -0.39 is 0 Å². The number of nitrogens with one attached hydrogen (secondary N) is 1. The molecule has 0 bridgehead atoms. The summed E-state index contributed by atoms with van der Waals surface area (Å²) in [6, 6.07) is 13.5. The maximum absolute atomic E-state index is 12.5. The number of methoxy groups -OCH3 is 2. The lowest BCUT2D eigenvalue weighted by atomic mass is 10.1. The van der Waals surface area contributed by atoms with Crippen LogP contribution in [0, 0.1) is 12.8 Å². The maximum Gasteiger partial charge on any atom is 0.227 e. The Labute approximate surface area is 165 Å². The Morgan fingerprint density at radius 3 is 2.64 bits per heavy atom. The van der Waals surface area contributed by atoms with Crippen LogP contribution in [0.15, 0.2) is 42.5 Å². The summed E-state index contributed by atoms with van der Waals surface area (Å²) in [5, 5.41) is 2.95. The predicted octanol–water partition coefficient (Wildman–Crippen LogP) is 2.72. The van der Waals surface area contributed by atoms with Crippen molar-refractivity contribution in [2.24, 2.45) is 5.92 Å². The standard InChI is InChI=1S/C22H26N2O4/c1-15-5-4-6-18(11-15)24-14-17(13-21(24)25)22(26)23-10-9-16-7-8-19(27-2)20(12-16)28-3/h4-8,11-12,17H,9-10,13-14H2,1-3H3,(H,23,26)/t17-/m1/s1. The molecule has 1 atom stereocenters. The molecule has 0 radical (unpaired) electrons. The molecular formula is C22H26N2O4. The van der Waals surface area contributed by atoms with Gasteiger partial charge < -0.3 is 19.7 Å². The molecule has 0 aliphatic carbocycles. The van der Waals surface area contributed by atoms with E-state index in [2.05, 4.69) is 5.32 Å². The van der Waals surface area contributed by atoms with E-state index in [4.69, 9.17) is 9.47 Å². The Morgan fingerprint density at radius 2 is 1.93 bits per heavy atom. The van der Waals surface area contributed by atoms with Crippen molar-refractivity contribution in [2.75, 3.05) is 32.2 Å². The third-order valence-corrected chi connectivity index (χ3v) is 4.97. The second kappa shape index (κ2) is 8.78. The lowest BCUT2D eigenvalue weighted by molar-refractivity contribution is -0.126. The molecule has 2 amide bonds. The summed E-state index contributed by atoms with van der Waals surface area (Å²) < 4.78 is 10.5. The van der Waals surface area contributed by atoms with Gasteiger partial charge in [-0.05, 0) is 48.7 Å². The van der Waals surface area contributed by atoms with Gasteiger partial charge in [-0.1, -0.05) is 18.2 Å². The predicted molar refractivity (Wildman–Crippen MR) is 108 cm³/mol. The number of carbonyl (C=O) groups is 2. The molecular weight excluding hydrogens is 356 g/mol. The van der Waals surface area contributed by atoms with Crippen LogP contribution in [-0.4, -0.2) is 39.1 Å². The zero-order valence-corrected chi connectivity index (χ0v) is 16.5. The van der Waals surface area contributed by atoms with Crippen molar-refractivity contribution >= 4 is 17.5 Å². The molecule has 3 rings (SSSR count). The minimum Gasteiger partial charge on any atom is -0.493 e. The maximum atomic E-state index is 12.5. The molecule has 2 aromatic carbocycles. The van der Waals surface area contributed by atoms with Gasteiger partial charge in [0.15, 0.2) is 11.5 Å². The first-order valence-electron chi connectivity index (χ1n) is 9.37. The van der Waals surface area contributed by atoms with Crippen LogP contribution in [0.25, 0.3) is 0 Å². The van der Waals surface area contributed by atoms with Crippen LogP contribution in [-0.2, 0) is 16.0 Å². The molecule has 28 heavy (non-hydrogen) atoms. The monoisotopic (exact) mass is 382 g/mol. The van der Waals surface area contributed by atoms with Crippen LogP contribution >= 0.6 is 0 Å². The van der Waals surface area contributed by atoms with Gasteiger partial charge in [0.1, 0.15) is 0 Å². The lowest BCUT2D eigenvalue weighted by Gasteiger charge is -2.17. The SMILES string of the molecule is COc1ccc(CCNC(=O)[C@@H]2CC(=O)N(c3cccc(C)c3)C2)cc1OC. The molecule has 0 unspecified atom stereocenters. The quantitative estimate of drug-likeness (QED) is 0.800. The van der Waals surface area contributed by atoms with Crippen molar-refractivity contribution in [3.8, 4) is 11.5 Å². The first-order chi connectivity index (χ1) is 13.5. The molecule has 6 nitrogen and oxygen atoms in total. The Balaban J connectivity index is 1.54. The first-order valence-corrected chi connectivity index (χ1v) is 9.37. The molecule has 1 saturated heterocycles.